The highest BCUT2D eigenvalue weighted by atomic mass is 35.5. The first-order chi connectivity index (χ1) is 11.4. The zero-order valence-corrected chi connectivity index (χ0v) is 14.3. The normalized spacial score (nSPS) is 11.5. The maximum atomic E-state index is 13.1. The van der Waals surface area contributed by atoms with E-state index in [0.717, 1.165) is 0 Å². The number of benzene rings is 2. The lowest BCUT2D eigenvalue weighted by atomic mass is 10.2. The molecule has 0 aliphatic heterocycles. The average molecular weight is 353 g/mol. The molecule has 7 heteroatoms. The highest BCUT2D eigenvalue weighted by Gasteiger charge is 2.14. The van der Waals surface area contributed by atoms with Crippen molar-refractivity contribution < 1.29 is 18.7 Å². The molecular formula is C17H18ClFN2O3. The van der Waals surface area contributed by atoms with Crippen molar-refractivity contribution in [3.63, 3.8) is 0 Å². The second-order valence-electron chi connectivity index (χ2n) is 5.05. The summed E-state index contributed by atoms with van der Waals surface area (Å²) in [4.78, 5) is 12.2. The van der Waals surface area contributed by atoms with E-state index in [2.05, 4.69) is 10.6 Å². The summed E-state index contributed by atoms with van der Waals surface area (Å²) in [5.74, 6) is 0.333. The molecule has 0 aliphatic carbocycles. The van der Waals surface area contributed by atoms with E-state index in [1.165, 1.54) is 25.3 Å². The van der Waals surface area contributed by atoms with Crippen LogP contribution in [0.4, 0.5) is 15.8 Å². The molecule has 0 aromatic heterocycles. The van der Waals surface area contributed by atoms with E-state index >= 15 is 0 Å². The van der Waals surface area contributed by atoms with Gasteiger partial charge in [-0.05, 0) is 37.3 Å². The van der Waals surface area contributed by atoms with Crippen LogP contribution in [0.2, 0.25) is 5.02 Å². The van der Waals surface area contributed by atoms with Crippen molar-refractivity contribution in [2.24, 2.45) is 0 Å². The molecule has 0 bridgehead atoms. The number of rotatable bonds is 6. The molecule has 24 heavy (non-hydrogen) atoms. The summed E-state index contributed by atoms with van der Waals surface area (Å²) in [5, 5.41) is 5.68. The number of halogens is 2. The van der Waals surface area contributed by atoms with Crippen LogP contribution in [0.5, 0.6) is 11.5 Å². The predicted octanol–water partition coefficient (Wildman–Crippen LogP) is 3.94. The molecule has 5 nitrogen and oxygen atoms in total. The van der Waals surface area contributed by atoms with Crippen molar-refractivity contribution >= 4 is 28.9 Å². The van der Waals surface area contributed by atoms with Crippen LogP contribution in [0.15, 0.2) is 36.4 Å². The number of carbonyl (C=O) groups is 1. The van der Waals surface area contributed by atoms with Gasteiger partial charge in [-0.2, -0.15) is 0 Å². The SMILES string of the molecule is COc1ccc(NC(C)C(=O)Nc2ccc(F)c(Cl)c2)cc1OC. The molecule has 0 fully saturated rings. The summed E-state index contributed by atoms with van der Waals surface area (Å²) < 4.78 is 23.5. The van der Waals surface area contributed by atoms with Crippen molar-refractivity contribution in [2.45, 2.75) is 13.0 Å². The lowest BCUT2D eigenvalue weighted by Gasteiger charge is -2.17. The van der Waals surface area contributed by atoms with Crippen LogP contribution in [-0.2, 0) is 4.79 Å². The van der Waals surface area contributed by atoms with Gasteiger partial charge in [-0.3, -0.25) is 4.79 Å². The first-order valence-electron chi connectivity index (χ1n) is 7.19. The van der Waals surface area contributed by atoms with E-state index in [0.29, 0.717) is 22.9 Å². The van der Waals surface area contributed by atoms with Gasteiger partial charge in [0, 0.05) is 17.4 Å². The lowest BCUT2D eigenvalue weighted by Crippen LogP contribution is -2.31. The van der Waals surface area contributed by atoms with Crippen LogP contribution in [0.3, 0.4) is 0 Å². The number of amides is 1. The largest absolute Gasteiger partial charge is 0.493 e. The van der Waals surface area contributed by atoms with Crippen LogP contribution in [0, 0.1) is 5.82 Å². The molecule has 0 radical (unpaired) electrons. The van der Waals surface area contributed by atoms with Crippen LogP contribution in [0.25, 0.3) is 0 Å². The summed E-state index contributed by atoms with van der Waals surface area (Å²) in [6, 6.07) is 8.72. The van der Waals surface area contributed by atoms with Gasteiger partial charge < -0.3 is 20.1 Å². The average Bonchev–Trinajstić information content (AvgIpc) is 2.57. The molecule has 0 heterocycles. The molecule has 0 saturated heterocycles. The molecule has 128 valence electrons. The fourth-order valence-electron chi connectivity index (χ4n) is 2.07. The minimum Gasteiger partial charge on any atom is -0.493 e. The molecule has 1 amide bonds. The Morgan fingerprint density at radius 1 is 1.08 bits per heavy atom. The molecule has 0 saturated carbocycles. The van der Waals surface area contributed by atoms with Gasteiger partial charge in [0.25, 0.3) is 0 Å². The Morgan fingerprint density at radius 3 is 2.38 bits per heavy atom. The predicted molar refractivity (Wildman–Crippen MR) is 92.7 cm³/mol. The molecule has 2 N–H and O–H groups in total. The van der Waals surface area contributed by atoms with Gasteiger partial charge in [0.1, 0.15) is 11.9 Å². The van der Waals surface area contributed by atoms with Gasteiger partial charge in [0.05, 0.1) is 19.2 Å². The van der Waals surface area contributed by atoms with Crippen molar-refractivity contribution in [1.29, 1.82) is 0 Å². The summed E-state index contributed by atoms with van der Waals surface area (Å²) in [6.07, 6.45) is 0. The third kappa shape index (κ3) is 4.29. The number of methoxy groups -OCH3 is 2. The molecule has 1 unspecified atom stereocenters. The minimum atomic E-state index is -0.536. The third-order valence-corrected chi connectivity index (χ3v) is 3.64. The molecular weight excluding hydrogens is 335 g/mol. The van der Waals surface area contributed by atoms with Gasteiger partial charge in [-0.25, -0.2) is 4.39 Å². The second-order valence-corrected chi connectivity index (χ2v) is 5.46. The fraction of sp³-hybridized carbons (Fsp3) is 0.235. The summed E-state index contributed by atoms with van der Waals surface area (Å²) in [7, 11) is 3.09. The van der Waals surface area contributed by atoms with Crippen LogP contribution >= 0.6 is 11.6 Å². The molecule has 0 spiro atoms. The van der Waals surface area contributed by atoms with Crippen LogP contribution in [-0.4, -0.2) is 26.2 Å². The van der Waals surface area contributed by atoms with E-state index in [4.69, 9.17) is 21.1 Å². The number of carbonyl (C=O) groups excluding carboxylic acids is 1. The number of nitrogens with one attached hydrogen (secondary N) is 2. The smallest absolute Gasteiger partial charge is 0.246 e. The zero-order valence-electron chi connectivity index (χ0n) is 13.5. The first kappa shape index (κ1) is 17.9. The molecule has 0 aliphatic rings. The third-order valence-electron chi connectivity index (χ3n) is 3.35. The number of hydrogen-bond donors (Lipinski definition) is 2. The fourth-order valence-corrected chi connectivity index (χ4v) is 2.25. The maximum Gasteiger partial charge on any atom is 0.246 e. The number of ether oxygens (including phenoxy) is 2. The Hall–Kier alpha value is -2.47. The highest BCUT2D eigenvalue weighted by Crippen LogP contribution is 2.30. The van der Waals surface area contributed by atoms with E-state index in [-0.39, 0.29) is 10.9 Å². The van der Waals surface area contributed by atoms with Gasteiger partial charge >= 0.3 is 0 Å². The standard InChI is InChI=1S/C17H18ClFN2O3/c1-10(17(22)21-11-4-6-14(19)13(18)8-11)20-12-5-7-15(23-2)16(9-12)24-3/h4-10,20H,1-3H3,(H,21,22). The summed E-state index contributed by atoms with van der Waals surface area (Å²) in [6.45, 7) is 1.71. The number of hydrogen-bond acceptors (Lipinski definition) is 4. The highest BCUT2D eigenvalue weighted by molar-refractivity contribution is 6.31. The minimum absolute atomic E-state index is 0.0479. The summed E-state index contributed by atoms with van der Waals surface area (Å²) >= 11 is 5.70. The Morgan fingerprint density at radius 2 is 1.75 bits per heavy atom. The van der Waals surface area contributed by atoms with Crippen molar-refractivity contribution in [1.82, 2.24) is 0 Å². The van der Waals surface area contributed by atoms with Crippen LogP contribution < -0.4 is 20.1 Å². The Bertz CT molecular complexity index is 740. The zero-order chi connectivity index (χ0) is 17.7. The topological polar surface area (TPSA) is 59.6 Å². The number of anilines is 2. The van der Waals surface area contributed by atoms with Gasteiger partial charge in [0.15, 0.2) is 11.5 Å². The molecule has 2 aromatic rings. The first-order valence-corrected chi connectivity index (χ1v) is 7.57. The monoisotopic (exact) mass is 352 g/mol. The lowest BCUT2D eigenvalue weighted by molar-refractivity contribution is -0.116. The van der Waals surface area contributed by atoms with Crippen molar-refractivity contribution in [3.8, 4) is 11.5 Å². The van der Waals surface area contributed by atoms with Crippen molar-refractivity contribution in [3.05, 3.63) is 47.2 Å². The van der Waals surface area contributed by atoms with E-state index < -0.39 is 11.9 Å². The molecule has 2 rings (SSSR count). The van der Waals surface area contributed by atoms with Gasteiger partial charge in [-0.1, -0.05) is 11.6 Å². The van der Waals surface area contributed by atoms with E-state index in [1.54, 1.807) is 32.2 Å². The van der Waals surface area contributed by atoms with E-state index in [9.17, 15) is 9.18 Å². The Labute approximate surface area is 144 Å². The van der Waals surface area contributed by atoms with Crippen molar-refractivity contribution in [2.75, 3.05) is 24.9 Å². The molecule has 2 aromatic carbocycles. The van der Waals surface area contributed by atoms with Crippen LogP contribution in [0.1, 0.15) is 6.92 Å². The Kier molecular flexibility index (Phi) is 5.87. The van der Waals surface area contributed by atoms with Gasteiger partial charge in [-0.15, -0.1) is 0 Å². The Balaban J connectivity index is 2.04. The maximum absolute atomic E-state index is 13.1. The second kappa shape index (κ2) is 7.88. The quantitative estimate of drug-likeness (QED) is 0.826. The summed E-state index contributed by atoms with van der Waals surface area (Å²) in [5.41, 5.74) is 1.12. The molecule has 1 atom stereocenters. The van der Waals surface area contributed by atoms with Gasteiger partial charge in [0.2, 0.25) is 5.91 Å². The van der Waals surface area contributed by atoms with E-state index in [1.807, 2.05) is 0 Å².